The van der Waals surface area contributed by atoms with Crippen LogP contribution in [0.2, 0.25) is 0 Å². The monoisotopic (exact) mass is 276 g/mol. The van der Waals surface area contributed by atoms with E-state index < -0.39 is 23.3 Å². The summed E-state index contributed by atoms with van der Waals surface area (Å²) in [6.45, 7) is 5.04. The van der Waals surface area contributed by atoms with Gasteiger partial charge >= 0.3 is 5.97 Å². The largest absolute Gasteiger partial charge is 0.478 e. The molecule has 0 aromatic heterocycles. The highest BCUT2D eigenvalue weighted by molar-refractivity contribution is 6.08. The van der Waals surface area contributed by atoms with Crippen LogP contribution in [0, 0.1) is 6.92 Å². The predicted octanol–water partition coefficient (Wildman–Crippen LogP) is 0.935. The fourth-order valence-corrected chi connectivity index (χ4v) is 2.23. The van der Waals surface area contributed by atoms with E-state index in [0.717, 1.165) is 5.56 Å². The molecule has 0 spiro atoms. The van der Waals surface area contributed by atoms with Crippen molar-refractivity contribution in [3.63, 3.8) is 0 Å². The van der Waals surface area contributed by atoms with Gasteiger partial charge in [0.15, 0.2) is 0 Å². The van der Waals surface area contributed by atoms with Gasteiger partial charge in [-0.1, -0.05) is 11.6 Å². The minimum atomic E-state index is -1.09. The number of rotatable bonds is 2. The van der Waals surface area contributed by atoms with Crippen LogP contribution < -0.4 is 10.2 Å². The van der Waals surface area contributed by atoms with Crippen molar-refractivity contribution in [3.8, 4) is 0 Å². The van der Waals surface area contributed by atoms with Crippen LogP contribution in [0.25, 0.3) is 0 Å². The van der Waals surface area contributed by atoms with E-state index in [4.69, 9.17) is 0 Å². The SMILES string of the molecule is Cc1ccc(N2CC(=O)NC(=O)C2(C)C)c(C(=O)O)c1. The quantitative estimate of drug-likeness (QED) is 0.785. The number of carboxylic acids is 1. The average Bonchev–Trinajstić information content (AvgIpc) is 2.34. The Morgan fingerprint density at radius 3 is 2.60 bits per heavy atom. The molecule has 1 aromatic carbocycles. The normalized spacial score (nSPS) is 17.9. The molecule has 0 unspecified atom stereocenters. The average molecular weight is 276 g/mol. The van der Waals surface area contributed by atoms with Crippen molar-refractivity contribution in [2.75, 3.05) is 11.4 Å². The van der Waals surface area contributed by atoms with Crippen molar-refractivity contribution in [2.45, 2.75) is 26.3 Å². The number of nitrogens with one attached hydrogen (secondary N) is 1. The van der Waals surface area contributed by atoms with Gasteiger partial charge in [-0.3, -0.25) is 14.9 Å². The molecule has 1 aromatic rings. The molecule has 0 bridgehead atoms. The number of carboxylic acid groups (broad SMARTS) is 1. The first kappa shape index (κ1) is 14.0. The van der Waals surface area contributed by atoms with Crippen molar-refractivity contribution in [2.24, 2.45) is 0 Å². The first-order valence-corrected chi connectivity index (χ1v) is 6.19. The lowest BCUT2D eigenvalue weighted by atomic mass is 9.96. The molecule has 2 N–H and O–H groups in total. The van der Waals surface area contributed by atoms with E-state index in [1.54, 1.807) is 32.9 Å². The van der Waals surface area contributed by atoms with Gasteiger partial charge in [0.05, 0.1) is 17.8 Å². The summed E-state index contributed by atoms with van der Waals surface area (Å²) in [5, 5.41) is 11.6. The predicted molar refractivity (Wildman–Crippen MR) is 72.7 cm³/mol. The van der Waals surface area contributed by atoms with Crippen molar-refractivity contribution in [3.05, 3.63) is 29.3 Å². The summed E-state index contributed by atoms with van der Waals surface area (Å²) in [4.78, 5) is 36.4. The van der Waals surface area contributed by atoms with Crippen LogP contribution in [0.15, 0.2) is 18.2 Å². The van der Waals surface area contributed by atoms with Gasteiger partial charge in [0.1, 0.15) is 5.54 Å². The molecule has 1 aliphatic heterocycles. The van der Waals surface area contributed by atoms with E-state index >= 15 is 0 Å². The molecule has 6 heteroatoms. The number of anilines is 1. The Kier molecular flexibility index (Phi) is 3.25. The zero-order valence-corrected chi connectivity index (χ0v) is 11.6. The molecule has 6 nitrogen and oxygen atoms in total. The highest BCUT2D eigenvalue weighted by Gasteiger charge is 2.42. The minimum absolute atomic E-state index is 0.0535. The fourth-order valence-electron chi connectivity index (χ4n) is 2.23. The minimum Gasteiger partial charge on any atom is -0.478 e. The second kappa shape index (κ2) is 4.63. The zero-order valence-electron chi connectivity index (χ0n) is 11.6. The lowest BCUT2D eigenvalue weighted by molar-refractivity contribution is -0.135. The molecule has 20 heavy (non-hydrogen) atoms. The number of aromatic carboxylic acids is 1. The first-order valence-electron chi connectivity index (χ1n) is 6.19. The third-order valence-electron chi connectivity index (χ3n) is 3.46. The van der Waals surface area contributed by atoms with Crippen molar-refractivity contribution >= 4 is 23.5 Å². The number of carbonyl (C=O) groups excluding carboxylic acids is 2. The number of nitrogens with zero attached hydrogens (tertiary/aromatic N) is 1. The van der Waals surface area contributed by atoms with Gasteiger partial charge in [-0.2, -0.15) is 0 Å². The third-order valence-corrected chi connectivity index (χ3v) is 3.46. The number of piperazine rings is 1. The van der Waals surface area contributed by atoms with Gasteiger partial charge < -0.3 is 10.0 Å². The number of carbonyl (C=O) groups is 3. The van der Waals surface area contributed by atoms with Crippen molar-refractivity contribution in [1.82, 2.24) is 5.32 Å². The maximum atomic E-state index is 11.9. The first-order chi connectivity index (χ1) is 9.23. The van der Waals surface area contributed by atoms with Gasteiger partial charge in [0.2, 0.25) is 5.91 Å². The topological polar surface area (TPSA) is 86.7 Å². The van der Waals surface area contributed by atoms with Gasteiger partial charge in [-0.15, -0.1) is 0 Å². The Balaban J connectivity index is 2.57. The molecule has 2 amide bonds. The number of hydrogen-bond donors (Lipinski definition) is 2. The molecule has 1 fully saturated rings. The highest BCUT2D eigenvalue weighted by Crippen LogP contribution is 2.30. The van der Waals surface area contributed by atoms with Gasteiger partial charge in [-0.05, 0) is 32.9 Å². The summed E-state index contributed by atoms with van der Waals surface area (Å²) >= 11 is 0. The highest BCUT2D eigenvalue weighted by atomic mass is 16.4. The van der Waals surface area contributed by atoms with Gasteiger partial charge in [-0.25, -0.2) is 4.79 Å². The van der Waals surface area contributed by atoms with Crippen LogP contribution in [0.5, 0.6) is 0 Å². The van der Waals surface area contributed by atoms with E-state index in [0.29, 0.717) is 5.69 Å². The van der Waals surface area contributed by atoms with Crippen LogP contribution in [-0.2, 0) is 9.59 Å². The summed E-state index contributed by atoms with van der Waals surface area (Å²) < 4.78 is 0. The Bertz CT molecular complexity index is 607. The molecule has 0 radical (unpaired) electrons. The molecule has 2 rings (SSSR count). The molecular weight excluding hydrogens is 260 g/mol. The summed E-state index contributed by atoms with van der Waals surface area (Å²) in [7, 11) is 0. The van der Waals surface area contributed by atoms with E-state index in [-0.39, 0.29) is 12.1 Å². The van der Waals surface area contributed by atoms with Crippen molar-refractivity contribution < 1.29 is 19.5 Å². The Morgan fingerprint density at radius 2 is 2.00 bits per heavy atom. The second-order valence-corrected chi connectivity index (χ2v) is 5.35. The fraction of sp³-hybridized carbons (Fsp3) is 0.357. The molecule has 1 saturated heterocycles. The molecule has 1 heterocycles. The molecular formula is C14H16N2O4. The molecule has 0 saturated carbocycles. The van der Waals surface area contributed by atoms with Crippen LogP contribution in [-0.4, -0.2) is 35.0 Å². The maximum Gasteiger partial charge on any atom is 0.337 e. The lowest BCUT2D eigenvalue weighted by Crippen LogP contribution is -2.64. The third kappa shape index (κ3) is 2.24. The molecule has 0 aliphatic carbocycles. The van der Waals surface area contributed by atoms with E-state index in [1.165, 1.54) is 11.0 Å². The van der Waals surface area contributed by atoms with Crippen molar-refractivity contribution in [1.29, 1.82) is 0 Å². The number of hydrogen-bond acceptors (Lipinski definition) is 4. The summed E-state index contributed by atoms with van der Waals surface area (Å²) in [6, 6.07) is 4.92. The second-order valence-electron chi connectivity index (χ2n) is 5.35. The Morgan fingerprint density at radius 1 is 1.35 bits per heavy atom. The summed E-state index contributed by atoms with van der Waals surface area (Å²) in [5.41, 5.74) is 0.265. The molecule has 106 valence electrons. The zero-order chi connectivity index (χ0) is 15.1. The Labute approximate surface area is 116 Å². The van der Waals surface area contributed by atoms with E-state index in [2.05, 4.69) is 5.32 Å². The van der Waals surface area contributed by atoms with Gasteiger partial charge in [0, 0.05) is 0 Å². The van der Waals surface area contributed by atoms with Crippen LogP contribution in [0.1, 0.15) is 29.8 Å². The number of imide groups is 1. The Hall–Kier alpha value is -2.37. The summed E-state index contributed by atoms with van der Waals surface area (Å²) in [6.07, 6.45) is 0. The standard InChI is InChI=1S/C14H16N2O4/c1-8-4-5-10(9(6-8)12(18)19)16-7-11(17)15-13(20)14(16,2)3/h4-6H,7H2,1-3H3,(H,18,19)(H,15,17,20). The van der Waals surface area contributed by atoms with Crippen LogP contribution in [0.3, 0.4) is 0 Å². The van der Waals surface area contributed by atoms with E-state index in [1.807, 2.05) is 0 Å². The molecule has 1 aliphatic rings. The number of benzene rings is 1. The lowest BCUT2D eigenvalue weighted by Gasteiger charge is -2.42. The molecule has 0 atom stereocenters. The number of aryl methyl sites for hydroxylation is 1. The van der Waals surface area contributed by atoms with Crippen LogP contribution in [0.4, 0.5) is 5.69 Å². The van der Waals surface area contributed by atoms with E-state index in [9.17, 15) is 19.5 Å². The maximum absolute atomic E-state index is 11.9. The van der Waals surface area contributed by atoms with Gasteiger partial charge in [0.25, 0.3) is 5.91 Å². The number of amides is 2. The summed E-state index contributed by atoms with van der Waals surface area (Å²) in [5.74, 6) is -1.96. The smallest absolute Gasteiger partial charge is 0.337 e. The van der Waals surface area contributed by atoms with Crippen LogP contribution >= 0.6 is 0 Å².